The minimum absolute atomic E-state index is 0.387. The molecule has 0 spiro atoms. The molecule has 0 aromatic heterocycles. The molecule has 0 bridgehead atoms. The number of methoxy groups -OCH3 is 1. The van der Waals surface area contributed by atoms with Crippen LogP contribution in [0.4, 0.5) is 5.69 Å². The third-order valence-corrected chi connectivity index (χ3v) is 4.01. The van der Waals surface area contributed by atoms with E-state index in [9.17, 15) is 8.42 Å². The molecule has 1 atom stereocenters. The Kier molecular flexibility index (Phi) is 4.84. The number of rotatable bonds is 5. The summed E-state index contributed by atoms with van der Waals surface area (Å²) in [7, 11) is -2.69. The van der Waals surface area contributed by atoms with Crippen molar-refractivity contribution < 1.29 is 17.7 Å². The first-order valence-corrected chi connectivity index (χ1v) is 7.25. The lowest BCUT2D eigenvalue weighted by Gasteiger charge is -2.29. The van der Waals surface area contributed by atoms with E-state index in [0.29, 0.717) is 23.0 Å². The molecule has 1 unspecified atom stereocenters. The lowest BCUT2D eigenvalue weighted by atomic mass is 10.2. The van der Waals surface area contributed by atoms with Gasteiger partial charge in [0.05, 0.1) is 12.8 Å². The summed E-state index contributed by atoms with van der Waals surface area (Å²) >= 11 is 5.90. The van der Waals surface area contributed by atoms with E-state index in [1.807, 2.05) is 0 Å². The summed E-state index contributed by atoms with van der Waals surface area (Å²) in [4.78, 5) is 1.50. The predicted octanol–water partition coefficient (Wildman–Crippen LogP) is 2.41. The maximum Gasteiger partial charge on any atom is 0.286 e. The molecule has 102 valence electrons. The number of halogens is 1. The summed E-state index contributed by atoms with van der Waals surface area (Å²) in [6, 6.07) is 4.90. The van der Waals surface area contributed by atoms with Crippen LogP contribution < -0.4 is 9.64 Å². The summed E-state index contributed by atoms with van der Waals surface area (Å²) < 4.78 is 36.8. The van der Waals surface area contributed by atoms with Crippen molar-refractivity contribution in [2.45, 2.75) is 19.2 Å². The molecular weight excluding hydrogens is 278 g/mol. The van der Waals surface area contributed by atoms with Gasteiger partial charge in [0, 0.05) is 11.6 Å². The van der Waals surface area contributed by atoms with E-state index in [1.54, 1.807) is 25.1 Å². The Hall–Kier alpha value is -0.980. The summed E-state index contributed by atoms with van der Waals surface area (Å²) in [5, 5.41) is -0.610. The topological polar surface area (TPSA) is 66.8 Å². The van der Waals surface area contributed by atoms with Gasteiger partial charge in [-0.2, -0.15) is 8.42 Å². The molecule has 0 amide bonds. The average Bonchev–Trinajstić information content (AvgIpc) is 2.29. The zero-order valence-electron chi connectivity index (χ0n) is 10.4. The van der Waals surface area contributed by atoms with Crippen molar-refractivity contribution in [2.24, 2.45) is 0 Å². The fourth-order valence-corrected chi connectivity index (χ4v) is 2.42. The van der Waals surface area contributed by atoms with Gasteiger partial charge >= 0.3 is 0 Å². The van der Waals surface area contributed by atoms with Crippen LogP contribution in [0, 0.1) is 0 Å². The highest BCUT2D eigenvalue weighted by Crippen LogP contribution is 2.33. The molecule has 0 heterocycles. The van der Waals surface area contributed by atoms with Gasteiger partial charge in [0.1, 0.15) is 5.75 Å². The van der Waals surface area contributed by atoms with E-state index in [2.05, 4.69) is 0 Å². The Labute approximate surface area is 112 Å². The van der Waals surface area contributed by atoms with E-state index in [1.165, 1.54) is 18.9 Å². The molecular formula is C11H16ClNO4S. The Bertz CT molecular complexity index is 518. The molecule has 7 heteroatoms. The molecule has 0 radical (unpaired) electrons. The van der Waals surface area contributed by atoms with Gasteiger partial charge in [0.25, 0.3) is 10.1 Å². The van der Waals surface area contributed by atoms with Crippen molar-refractivity contribution in [1.29, 1.82) is 0 Å². The van der Waals surface area contributed by atoms with Crippen LogP contribution in [0.5, 0.6) is 5.75 Å². The van der Waals surface area contributed by atoms with Crippen molar-refractivity contribution >= 4 is 27.4 Å². The van der Waals surface area contributed by atoms with Crippen molar-refractivity contribution in [3.63, 3.8) is 0 Å². The second kappa shape index (κ2) is 5.77. The summed E-state index contributed by atoms with van der Waals surface area (Å²) in [5.74, 6) is 0.497. The molecule has 1 rings (SSSR count). The van der Waals surface area contributed by atoms with Crippen molar-refractivity contribution in [3.05, 3.63) is 23.2 Å². The standard InChI is InChI=1S/C11H16ClNO4S/c1-4-13(8(2)18(14,15)16)10-7-9(12)5-6-11(10)17-3/h5-8H,4H2,1-3H3,(H,14,15,16). The summed E-state index contributed by atoms with van der Waals surface area (Å²) in [5.41, 5.74) is 0.526. The maximum atomic E-state index is 11.2. The summed E-state index contributed by atoms with van der Waals surface area (Å²) in [6.07, 6.45) is 0. The normalized spacial score (nSPS) is 13.2. The van der Waals surface area contributed by atoms with E-state index >= 15 is 0 Å². The lowest BCUT2D eigenvalue weighted by molar-refractivity contribution is 0.413. The smallest absolute Gasteiger partial charge is 0.286 e. The zero-order chi connectivity index (χ0) is 13.9. The summed E-state index contributed by atoms with van der Waals surface area (Å²) in [6.45, 7) is 3.57. The molecule has 0 saturated heterocycles. The van der Waals surface area contributed by atoms with Crippen molar-refractivity contribution in [3.8, 4) is 5.75 Å². The highest BCUT2D eigenvalue weighted by Gasteiger charge is 2.26. The maximum absolute atomic E-state index is 11.2. The van der Waals surface area contributed by atoms with E-state index < -0.39 is 15.5 Å². The van der Waals surface area contributed by atoms with E-state index in [-0.39, 0.29) is 0 Å². The number of anilines is 1. The first-order valence-electron chi connectivity index (χ1n) is 5.37. The quantitative estimate of drug-likeness (QED) is 0.845. The minimum Gasteiger partial charge on any atom is -0.495 e. The SMILES string of the molecule is CCN(c1cc(Cl)ccc1OC)C(C)S(=O)(=O)O. The molecule has 0 aliphatic rings. The molecule has 1 aromatic rings. The van der Waals surface area contributed by atoms with Gasteiger partial charge in [-0.3, -0.25) is 4.55 Å². The van der Waals surface area contributed by atoms with Crippen LogP contribution in [0.25, 0.3) is 0 Å². The second-order valence-corrected chi connectivity index (χ2v) is 5.87. The second-order valence-electron chi connectivity index (χ2n) is 3.72. The zero-order valence-corrected chi connectivity index (χ0v) is 12.0. The third kappa shape index (κ3) is 3.28. The number of nitrogens with zero attached hydrogens (tertiary/aromatic N) is 1. The molecule has 18 heavy (non-hydrogen) atoms. The third-order valence-electron chi connectivity index (χ3n) is 2.66. The van der Waals surface area contributed by atoms with Gasteiger partial charge in [-0.1, -0.05) is 11.6 Å². The van der Waals surface area contributed by atoms with Gasteiger partial charge in [0.2, 0.25) is 0 Å². The minimum atomic E-state index is -4.17. The lowest BCUT2D eigenvalue weighted by Crippen LogP contribution is -2.38. The number of ether oxygens (including phenoxy) is 1. The highest BCUT2D eigenvalue weighted by atomic mass is 35.5. The number of hydrogen-bond acceptors (Lipinski definition) is 4. The van der Waals surface area contributed by atoms with Crippen molar-refractivity contribution in [1.82, 2.24) is 0 Å². The van der Waals surface area contributed by atoms with Gasteiger partial charge in [-0.25, -0.2) is 0 Å². The van der Waals surface area contributed by atoms with Crippen LogP contribution in [0.15, 0.2) is 18.2 Å². The molecule has 0 aliphatic heterocycles. The van der Waals surface area contributed by atoms with Gasteiger partial charge in [0.15, 0.2) is 5.37 Å². The van der Waals surface area contributed by atoms with Gasteiger partial charge in [-0.15, -0.1) is 0 Å². The first-order chi connectivity index (χ1) is 8.31. The van der Waals surface area contributed by atoms with Crippen LogP contribution in [0.1, 0.15) is 13.8 Å². The Morgan fingerprint density at radius 2 is 2.11 bits per heavy atom. The highest BCUT2D eigenvalue weighted by molar-refractivity contribution is 7.86. The first kappa shape index (κ1) is 15.1. The van der Waals surface area contributed by atoms with Crippen LogP contribution in [-0.4, -0.2) is 32.0 Å². The van der Waals surface area contributed by atoms with E-state index in [4.69, 9.17) is 20.9 Å². The Balaban J connectivity index is 3.28. The average molecular weight is 294 g/mol. The van der Waals surface area contributed by atoms with Crippen LogP contribution >= 0.6 is 11.6 Å². The number of benzene rings is 1. The predicted molar refractivity (Wildman–Crippen MR) is 72.0 cm³/mol. The Morgan fingerprint density at radius 3 is 2.56 bits per heavy atom. The molecule has 0 aliphatic carbocycles. The largest absolute Gasteiger partial charge is 0.495 e. The van der Waals surface area contributed by atoms with Crippen LogP contribution in [-0.2, 0) is 10.1 Å². The van der Waals surface area contributed by atoms with Gasteiger partial charge < -0.3 is 9.64 Å². The molecule has 1 N–H and O–H groups in total. The van der Waals surface area contributed by atoms with Crippen LogP contribution in [0.3, 0.4) is 0 Å². The fraction of sp³-hybridized carbons (Fsp3) is 0.455. The molecule has 0 saturated carbocycles. The molecule has 5 nitrogen and oxygen atoms in total. The molecule has 0 fully saturated rings. The molecule has 1 aromatic carbocycles. The Morgan fingerprint density at radius 1 is 1.50 bits per heavy atom. The fourth-order valence-electron chi connectivity index (χ4n) is 1.67. The van der Waals surface area contributed by atoms with Crippen molar-refractivity contribution in [2.75, 3.05) is 18.6 Å². The number of hydrogen-bond donors (Lipinski definition) is 1. The van der Waals surface area contributed by atoms with Gasteiger partial charge in [-0.05, 0) is 32.0 Å². The monoisotopic (exact) mass is 293 g/mol. The van der Waals surface area contributed by atoms with Crippen LogP contribution in [0.2, 0.25) is 5.02 Å². The van der Waals surface area contributed by atoms with E-state index in [0.717, 1.165) is 0 Å².